The van der Waals surface area contributed by atoms with E-state index in [9.17, 15) is 14.9 Å². The fourth-order valence-corrected chi connectivity index (χ4v) is 2.67. The van der Waals surface area contributed by atoms with Crippen molar-refractivity contribution >= 4 is 33.9 Å². The Hall–Kier alpha value is -2.48. The highest BCUT2D eigenvalue weighted by Gasteiger charge is 2.21. The van der Waals surface area contributed by atoms with Crippen LogP contribution in [-0.2, 0) is 0 Å². The number of aromatic nitrogens is 1. The molecule has 2 N–H and O–H groups in total. The largest absolute Gasteiger partial charge is 0.351 e. The van der Waals surface area contributed by atoms with Crippen LogP contribution in [0.3, 0.4) is 0 Å². The highest BCUT2D eigenvalue weighted by Crippen LogP contribution is 2.33. The van der Waals surface area contributed by atoms with E-state index in [4.69, 9.17) is 5.73 Å². The van der Waals surface area contributed by atoms with E-state index in [2.05, 4.69) is 4.98 Å². The van der Waals surface area contributed by atoms with Crippen molar-refractivity contribution in [1.82, 2.24) is 4.98 Å². The molecule has 0 fully saturated rings. The van der Waals surface area contributed by atoms with Crippen LogP contribution in [-0.4, -0.2) is 15.9 Å². The summed E-state index contributed by atoms with van der Waals surface area (Å²) in [5.74, 6) is 0.274. The number of carbonyl (C=O) groups is 1. The van der Waals surface area contributed by atoms with Gasteiger partial charge in [-0.3, -0.25) is 10.1 Å². The highest BCUT2D eigenvalue weighted by molar-refractivity contribution is 7.15. The molecule has 0 radical (unpaired) electrons. The number of benzene rings is 1. The van der Waals surface area contributed by atoms with E-state index in [1.54, 1.807) is 12.3 Å². The summed E-state index contributed by atoms with van der Waals surface area (Å²) in [7, 11) is 0. The Morgan fingerprint density at radius 3 is 2.71 bits per heavy atom. The molecule has 2 rings (SSSR count). The molecule has 0 aliphatic carbocycles. The Bertz CT molecular complexity index is 684. The number of non-ortho nitro benzene ring substituents is 1. The van der Waals surface area contributed by atoms with Gasteiger partial charge in [0.25, 0.3) is 5.69 Å². The first-order valence-corrected chi connectivity index (χ1v) is 7.01. The van der Waals surface area contributed by atoms with Crippen LogP contribution in [0.4, 0.5) is 21.3 Å². The first-order valence-electron chi connectivity index (χ1n) is 6.20. The number of hydrogen-bond acceptors (Lipinski definition) is 5. The molecule has 0 aliphatic rings. The maximum Gasteiger partial charge on any atom is 0.325 e. The molecule has 110 valence electrons. The third kappa shape index (κ3) is 3.16. The van der Waals surface area contributed by atoms with Crippen LogP contribution in [0, 0.1) is 10.1 Å². The van der Waals surface area contributed by atoms with Gasteiger partial charge in [-0.15, -0.1) is 11.3 Å². The lowest BCUT2D eigenvalue weighted by atomic mass is 10.2. The molecule has 0 saturated heterocycles. The average Bonchev–Trinajstić information content (AvgIpc) is 2.88. The second-order valence-electron chi connectivity index (χ2n) is 4.65. The first-order chi connectivity index (χ1) is 9.90. The van der Waals surface area contributed by atoms with Crippen LogP contribution in [0.5, 0.6) is 0 Å². The van der Waals surface area contributed by atoms with Gasteiger partial charge < -0.3 is 5.73 Å². The van der Waals surface area contributed by atoms with Gasteiger partial charge >= 0.3 is 6.03 Å². The zero-order valence-electron chi connectivity index (χ0n) is 11.5. The van der Waals surface area contributed by atoms with Gasteiger partial charge in [0.1, 0.15) is 0 Å². The molecular weight excluding hydrogens is 292 g/mol. The van der Waals surface area contributed by atoms with E-state index >= 15 is 0 Å². The summed E-state index contributed by atoms with van der Waals surface area (Å²) in [6.45, 7) is 4.03. The number of primary amides is 1. The summed E-state index contributed by atoms with van der Waals surface area (Å²) >= 11 is 1.33. The van der Waals surface area contributed by atoms with Crippen LogP contribution in [0.2, 0.25) is 0 Å². The number of nitrogens with zero attached hydrogens (tertiary/aromatic N) is 3. The standard InChI is InChI=1S/C13H14N4O3S/c1-8(2)11-7-15-13(21-11)16(12(14)18)9-4-3-5-10(6-9)17(19)20/h3-8H,1-2H3,(H2,14,18). The van der Waals surface area contributed by atoms with Gasteiger partial charge in [-0.2, -0.15) is 0 Å². The molecule has 8 heteroatoms. The molecule has 2 aromatic rings. The minimum Gasteiger partial charge on any atom is -0.351 e. The van der Waals surface area contributed by atoms with Crippen molar-refractivity contribution in [1.29, 1.82) is 0 Å². The predicted molar refractivity (Wildman–Crippen MR) is 81.0 cm³/mol. The Morgan fingerprint density at radius 2 is 2.19 bits per heavy atom. The third-order valence-corrected chi connectivity index (χ3v) is 4.07. The van der Waals surface area contributed by atoms with Crippen LogP contribution in [0.25, 0.3) is 0 Å². The first kappa shape index (κ1) is 14.9. The quantitative estimate of drug-likeness (QED) is 0.690. The van der Waals surface area contributed by atoms with Crippen molar-refractivity contribution in [2.45, 2.75) is 19.8 Å². The molecule has 21 heavy (non-hydrogen) atoms. The van der Waals surface area contributed by atoms with Crippen molar-refractivity contribution in [3.8, 4) is 0 Å². The zero-order valence-corrected chi connectivity index (χ0v) is 12.3. The average molecular weight is 306 g/mol. The van der Waals surface area contributed by atoms with E-state index in [0.717, 1.165) is 4.88 Å². The van der Waals surface area contributed by atoms with Gasteiger partial charge in [0.05, 0.1) is 10.6 Å². The fraction of sp³-hybridized carbons (Fsp3) is 0.231. The number of nitrogens with two attached hydrogens (primary N) is 1. The van der Waals surface area contributed by atoms with Crippen molar-refractivity contribution in [2.24, 2.45) is 5.73 Å². The number of anilines is 2. The lowest BCUT2D eigenvalue weighted by Gasteiger charge is -2.16. The molecule has 0 unspecified atom stereocenters. The maximum atomic E-state index is 11.7. The van der Waals surface area contributed by atoms with Crippen molar-refractivity contribution in [3.05, 3.63) is 45.5 Å². The molecular formula is C13H14N4O3S. The minimum atomic E-state index is -0.736. The number of nitro groups is 1. The highest BCUT2D eigenvalue weighted by atomic mass is 32.1. The second kappa shape index (κ2) is 5.88. The minimum absolute atomic E-state index is 0.112. The SMILES string of the molecule is CC(C)c1cnc(N(C(N)=O)c2cccc([N+](=O)[O-])c2)s1. The van der Waals surface area contributed by atoms with E-state index in [-0.39, 0.29) is 11.6 Å². The molecule has 7 nitrogen and oxygen atoms in total. The Kier molecular flexibility index (Phi) is 4.18. The van der Waals surface area contributed by atoms with E-state index < -0.39 is 11.0 Å². The van der Waals surface area contributed by atoms with Crippen molar-refractivity contribution < 1.29 is 9.72 Å². The smallest absolute Gasteiger partial charge is 0.325 e. The van der Waals surface area contributed by atoms with Crippen molar-refractivity contribution in [2.75, 3.05) is 4.90 Å². The molecule has 1 aromatic carbocycles. The monoisotopic (exact) mass is 306 g/mol. The van der Waals surface area contributed by atoms with Crippen LogP contribution in [0.1, 0.15) is 24.6 Å². The van der Waals surface area contributed by atoms with Gasteiger partial charge in [-0.05, 0) is 12.0 Å². The number of nitro benzene ring substituents is 1. The Balaban J connectivity index is 2.45. The molecule has 0 saturated carbocycles. The molecule has 1 heterocycles. The van der Waals surface area contributed by atoms with E-state index in [1.807, 2.05) is 13.8 Å². The fourth-order valence-electron chi connectivity index (χ4n) is 1.72. The van der Waals surface area contributed by atoms with Crippen LogP contribution < -0.4 is 10.6 Å². The lowest BCUT2D eigenvalue weighted by molar-refractivity contribution is -0.384. The summed E-state index contributed by atoms with van der Waals surface area (Å²) in [6.07, 6.45) is 1.68. The van der Waals surface area contributed by atoms with E-state index in [0.29, 0.717) is 10.8 Å². The van der Waals surface area contributed by atoms with Crippen LogP contribution in [0.15, 0.2) is 30.5 Å². The van der Waals surface area contributed by atoms with Gasteiger partial charge in [0.2, 0.25) is 0 Å². The summed E-state index contributed by atoms with van der Waals surface area (Å²) in [4.78, 5) is 28.4. The number of hydrogen-bond donors (Lipinski definition) is 1. The Morgan fingerprint density at radius 1 is 1.48 bits per heavy atom. The molecule has 1 aromatic heterocycles. The summed E-state index contributed by atoms with van der Waals surface area (Å²) in [6, 6.07) is 4.99. The number of thiazole rings is 1. The summed E-state index contributed by atoms with van der Waals surface area (Å²) < 4.78 is 0. The van der Waals surface area contributed by atoms with E-state index in [1.165, 1.54) is 34.4 Å². The summed E-state index contributed by atoms with van der Waals surface area (Å²) in [5.41, 5.74) is 5.61. The van der Waals surface area contributed by atoms with Gasteiger partial charge in [-0.25, -0.2) is 14.7 Å². The number of carbonyl (C=O) groups excluding carboxylic acids is 1. The Labute approximate surface area is 125 Å². The predicted octanol–water partition coefficient (Wildman–Crippen LogP) is 3.39. The van der Waals surface area contributed by atoms with Gasteiger partial charge in [0.15, 0.2) is 5.13 Å². The zero-order chi connectivity index (χ0) is 15.6. The molecule has 0 bridgehead atoms. The van der Waals surface area contributed by atoms with Crippen molar-refractivity contribution in [3.63, 3.8) is 0 Å². The molecule has 0 atom stereocenters. The third-order valence-electron chi connectivity index (χ3n) is 2.79. The molecule has 0 spiro atoms. The topological polar surface area (TPSA) is 102 Å². The van der Waals surface area contributed by atoms with Gasteiger partial charge in [-0.1, -0.05) is 19.9 Å². The van der Waals surface area contributed by atoms with Gasteiger partial charge in [0, 0.05) is 23.2 Å². The number of urea groups is 1. The molecule has 0 aliphatic heterocycles. The lowest BCUT2D eigenvalue weighted by Crippen LogP contribution is -2.31. The van der Waals surface area contributed by atoms with Crippen LogP contribution >= 0.6 is 11.3 Å². The second-order valence-corrected chi connectivity index (χ2v) is 5.69. The normalized spacial score (nSPS) is 10.6. The number of amides is 2. The maximum absolute atomic E-state index is 11.7. The summed E-state index contributed by atoms with van der Waals surface area (Å²) in [5, 5.41) is 11.2. The number of rotatable bonds is 4. The molecule has 2 amide bonds.